The molecule has 35 heavy (non-hydrogen) atoms. The first-order valence-corrected chi connectivity index (χ1v) is 11.6. The Kier molecular flexibility index (Phi) is 6.78. The lowest BCUT2D eigenvalue weighted by molar-refractivity contribution is 0.194. The monoisotopic (exact) mass is 493 g/mol. The van der Waals surface area contributed by atoms with E-state index in [0.29, 0.717) is 28.4 Å². The van der Waals surface area contributed by atoms with Crippen LogP contribution in [0.1, 0.15) is 42.3 Å². The zero-order valence-electron chi connectivity index (χ0n) is 20.3. The molecule has 3 aromatic heterocycles. The average molecular weight is 494 g/mol. The number of pyridine rings is 2. The molecule has 182 valence electrons. The molecule has 4 aromatic rings. The molecule has 8 nitrogen and oxygen atoms in total. The van der Waals surface area contributed by atoms with Gasteiger partial charge in [0.2, 0.25) is 0 Å². The Labute approximate surface area is 208 Å². The molecule has 0 unspecified atom stereocenters. The second-order valence-corrected chi connectivity index (χ2v) is 9.16. The van der Waals surface area contributed by atoms with Crippen molar-refractivity contribution in [2.75, 3.05) is 12.8 Å². The number of hydrogen-bond donors (Lipinski definition) is 2. The van der Waals surface area contributed by atoms with Gasteiger partial charge in [0.25, 0.3) is 0 Å². The summed E-state index contributed by atoms with van der Waals surface area (Å²) < 4.78 is 7.83. The number of aromatic nitrogens is 4. The van der Waals surface area contributed by atoms with E-state index in [1.165, 1.54) is 6.33 Å². The first-order valence-electron chi connectivity index (χ1n) is 11.3. The predicted molar refractivity (Wildman–Crippen MR) is 138 cm³/mol. The number of anilines is 1. The highest BCUT2D eigenvalue weighted by atomic mass is 35.5. The molecule has 3 heterocycles. The van der Waals surface area contributed by atoms with E-state index in [4.69, 9.17) is 22.1 Å². The highest BCUT2D eigenvalue weighted by molar-refractivity contribution is 6.32. The van der Waals surface area contributed by atoms with Crippen molar-refractivity contribution in [3.8, 4) is 16.9 Å². The van der Waals surface area contributed by atoms with Crippen LogP contribution < -0.4 is 15.9 Å². The molecule has 4 rings (SSSR count). The van der Waals surface area contributed by atoms with E-state index in [1.54, 1.807) is 33.4 Å². The Hall–Kier alpha value is -3.49. The maximum absolute atomic E-state index is 12.8. The van der Waals surface area contributed by atoms with Crippen LogP contribution in [0.15, 0.2) is 41.7 Å². The van der Waals surface area contributed by atoms with E-state index in [-0.39, 0.29) is 22.7 Å². The van der Waals surface area contributed by atoms with Gasteiger partial charge in [0.1, 0.15) is 28.9 Å². The highest BCUT2D eigenvalue weighted by Gasteiger charge is 2.24. The van der Waals surface area contributed by atoms with Gasteiger partial charge in [-0.3, -0.25) is 9.78 Å². The molecule has 0 aliphatic heterocycles. The molecule has 2 atom stereocenters. The molecule has 1 aromatic carbocycles. The summed E-state index contributed by atoms with van der Waals surface area (Å²) in [5, 5.41) is 10.5. The summed E-state index contributed by atoms with van der Waals surface area (Å²) >= 11 is 6.72. The Morgan fingerprint density at radius 2 is 1.94 bits per heavy atom. The number of benzene rings is 1. The van der Waals surface area contributed by atoms with Gasteiger partial charge in [0.15, 0.2) is 5.43 Å². The molecule has 0 amide bonds. The van der Waals surface area contributed by atoms with Gasteiger partial charge in [-0.2, -0.15) is 0 Å². The molecule has 0 fully saturated rings. The van der Waals surface area contributed by atoms with Crippen LogP contribution in [0, 0.1) is 13.8 Å². The first-order chi connectivity index (χ1) is 16.6. The highest BCUT2D eigenvalue weighted by Crippen LogP contribution is 2.43. The van der Waals surface area contributed by atoms with Crippen molar-refractivity contribution in [1.82, 2.24) is 19.5 Å². The smallest absolute Gasteiger partial charge is 0.197 e. The number of fused-ring (bicyclic) bond motifs is 1. The Morgan fingerprint density at radius 1 is 1.20 bits per heavy atom. The summed E-state index contributed by atoms with van der Waals surface area (Å²) in [7, 11) is 1.62. The van der Waals surface area contributed by atoms with Gasteiger partial charge in [-0.1, -0.05) is 17.7 Å². The molecular formula is C26H28ClN5O3. The van der Waals surface area contributed by atoms with E-state index in [1.807, 2.05) is 36.6 Å². The Balaban J connectivity index is 1.93. The fourth-order valence-corrected chi connectivity index (χ4v) is 4.60. The molecule has 0 saturated carbocycles. The summed E-state index contributed by atoms with van der Waals surface area (Å²) in [5.41, 5.74) is 11.0. The molecule has 0 spiro atoms. The van der Waals surface area contributed by atoms with Crippen molar-refractivity contribution in [2.24, 2.45) is 0 Å². The minimum absolute atomic E-state index is 0.141. The van der Waals surface area contributed by atoms with Crippen molar-refractivity contribution in [1.29, 1.82) is 0 Å². The molecular weight excluding hydrogens is 466 g/mol. The third kappa shape index (κ3) is 4.47. The van der Waals surface area contributed by atoms with Crippen LogP contribution in [0.2, 0.25) is 5.02 Å². The second-order valence-electron chi connectivity index (χ2n) is 8.75. The van der Waals surface area contributed by atoms with Crippen LogP contribution >= 0.6 is 11.6 Å². The summed E-state index contributed by atoms with van der Waals surface area (Å²) in [6.07, 6.45) is 4.87. The second kappa shape index (κ2) is 9.64. The lowest BCUT2D eigenvalue weighted by Gasteiger charge is -2.24. The molecule has 0 bridgehead atoms. The molecule has 0 saturated heterocycles. The van der Waals surface area contributed by atoms with Gasteiger partial charge in [-0.25, -0.2) is 9.97 Å². The van der Waals surface area contributed by atoms with E-state index < -0.39 is 6.10 Å². The molecule has 9 heteroatoms. The molecule has 3 N–H and O–H groups in total. The Morgan fingerprint density at radius 3 is 2.57 bits per heavy atom. The zero-order valence-corrected chi connectivity index (χ0v) is 21.1. The van der Waals surface area contributed by atoms with Crippen LogP contribution in [-0.2, 0) is 6.42 Å². The normalized spacial score (nSPS) is 13.1. The number of aliphatic hydroxyl groups excluding tert-OH is 1. The number of aliphatic hydroxyl groups is 1. The first kappa shape index (κ1) is 24.6. The zero-order chi connectivity index (χ0) is 25.4. The lowest BCUT2D eigenvalue weighted by Crippen LogP contribution is -2.19. The third-order valence-corrected chi connectivity index (χ3v) is 6.61. The minimum atomic E-state index is -0.475. The quantitative estimate of drug-likeness (QED) is 0.412. The van der Waals surface area contributed by atoms with Gasteiger partial charge < -0.3 is 20.1 Å². The fraction of sp³-hybridized carbons (Fsp3) is 0.308. The van der Waals surface area contributed by atoms with Crippen molar-refractivity contribution >= 4 is 28.5 Å². The number of halogens is 1. The van der Waals surface area contributed by atoms with Gasteiger partial charge in [-0.05, 0) is 45.4 Å². The number of nitrogens with zero attached hydrogens (tertiary/aromatic N) is 4. The Bertz CT molecular complexity index is 1470. The molecule has 0 aliphatic carbocycles. The van der Waals surface area contributed by atoms with Gasteiger partial charge >= 0.3 is 0 Å². The van der Waals surface area contributed by atoms with Crippen LogP contribution in [0.3, 0.4) is 0 Å². The summed E-state index contributed by atoms with van der Waals surface area (Å²) in [6, 6.07) is 5.42. The number of methoxy groups -OCH3 is 1. The number of nitrogen functional groups attached to an aromatic ring is 1. The molecule has 0 radical (unpaired) electrons. The summed E-state index contributed by atoms with van der Waals surface area (Å²) in [6.45, 7) is 7.39. The van der Waals surface area contributed by atoms with E-state index in [9.17, 15) is 9.90 Å². The van der Waals surface area contributed by atoms with Gasteiger partial charge in [0, 0.05) is 51.8 Å². The number of nitrogens with two attached hydrogens (primary N) is 1. The minimum Gasteiger partial charge on any atom is -0.496 e. The van der Waals surface area contributed by atoms with E-state index in [0.717, 1.165) is 27.9 Å². The summed E-state index contributed by atoms with van der Waals surface area (Å²) in [4.78, 5) is 25.7. The van der Waals surface area contributed by atoms with Crippen molar-refractivity contribution < 1.29 is 9.84 Å². The van der Waals surface area contributed by atoms with Crippen molar-refractivity contribution in [3.63, 3.8) is 0 Å². The number of hydrogen-bond acceptors (Lipinski definition) is 7. The van der Waals surface area contributed by atoms with Gasteiger partial charge in [-0.15, -0.1) is 0 Å². The van der Waals surface area contributed by atoms with Crippen LogP contribution in [0.25, 0.3) is 22.2 Å². The van der Waals surface area contributed by atoms with Crippen molar-refractivity contribution in [3.05, 3.63) is 74.6 Å². The van der Waals surface area contributed by atoms with Crippen molar-refractivity contribution in [2.45, 2.75) is 46.3 Å². The van der Waals surface area contributed by atoms with E-state index in [2.05, 4.69) is 15.0 Å². The van der Waals surface area contributed by atoms with Crippen LogP contribution in [-0.4, -0.2) is 37.8 Å². The SMILES string of the molecule is COc1c([C@@H](C)n2cc(C)c(=O)c3c(N)ncnc32)cc(Cl)c(C)c1-c1ccc(C[C@@H](C)O)nc1. The van der Waals surface area contributed by atoms with E-state index >= 15 is 0 Å². The van der Waals surface area contributed by atoms with Gasteiger partial charge in [0.05, 0.1) is 19.3 Å². The van der Waals surface area contributed by atoms with Crippen LogP contribution in [0.5, 0.6) is 5.75 Å². The number of ether oxygens (including phenoxy) is 1. The maximum Gasteiger partial charge on any atom is 0.197 e. The average Bonchev–Trinajstić information content (AvgIpc) is 2.82. The largest absolute Gasteiger partial charge is 0.496 e. The molecule has 0 aliphatic rings. The topological polar surface area (TPSA) is 116 Å². The third-order valence-electron chi connectivity index (χ3n) is 6.21. The standard InChI is InChI=1S/C26H28ClN5O3/c1-13-11-32(26-22(23(13)34)25(28)30-12-31-26)16(4)19-9-20(27)15(3)21(24(19)35-5)17-6-7-18(29-10-17)8-14(2)33/h6-7,9-12,14,16,33H,8H2,1-5H3,(H2,28,30,31)/t14-,16-/m1/s1. The number of rotatable bonds is 6. The number of aryl methyl sites for hydroxylation is 1. The maximum atomic E-state index is 12.8. The fourth-order valence-electron chi connectivity index (χ4n) is 4.39. The lowest BCUT2D eigenvalue weighted by atomic mass is 9.94. The predicted octanol–water partition coefficient (Wildman–Crippen LogP) is 4.25. The van der Waals surface area contributed by atoms with Crippen LogP contribution in [0.4, 0.5) is 5.82 Å². The summed E-state index contributed by atoms with van der Waals surface area (Å²) in [5.74, 6) is 0.790.